The molecule has 2 aromatic rings. The number of allylic oxidation sites excluding steroid dienone is 1. The van der Waals surface area contributed by atoms with Crippen molar-refractivity contribution >= 4 is 27.7 Å². The van der Waals surface area contributed by atoms with Gasteiger partial charge in [-0.2, -0.15) is 8.42 Å². The topological polar surface area (TPSA) is 90.4 Å². The largest absolute Gasteiger partial charge is 0.345 e. The molecule has 0 aliphatic carbocycles. The Balaban J connectivity index is 1.51. The summed E-state index contributed by atoms with van der Waals surface area (Å²) in [4.78, 5) is 28.9. The van der Waals surface area contributed by atoms with Crippen LogP contribution in [0.15, 0.2) is 64.7 Å². The fourth-order valence-electron chi connectivity index (χ4n) is 3.69. The van der Waals surface area contributed by atoms with Crippen LogP contribution in [0.4, 0.5) is 4.39 Å². The van der Waals surface area contributed by atoms with E-state index < -0.39 is 21.9 Å². The van der Waals surface area contributed by atoms with Crippen molar-refractivity contribution in [1.29, 1.82) is 0 Å². The van der Waals surface area contributed by atoms with E-state index in [0.29, 0.717) is 5.56 Å². The molecule has 33 heavy (non-hydrogen) atoms. The van der Waals surface area contributed by atoms with Crippen molar-refractivity contribution in [2.24, 2.45) is 4.40 Å². The molecule has 2 aliphatic rings. The number of hydrogen-bond donors (Lipinski definition) is 0. The summed E-state index contributed by atoms with van der Waals surface area (Å²) in [6.45, 7) is 2.87. The van der Waals surface area contributed by atoms with Crippen LogP contribution >= 0.6 is 0 Å². The molecule has 8 nitrogen and oxygen atoms in total. The normalized spacial score (nSPS) is 18.0. The number of benzene rings is 2. The molecule has 172 valence electrons. The van der Waals surface area contributed by atoms with Gasteiger partial charge in [0.15, 0.2) is 0 Å². The minimum atomic E-state index is -4.06. The maximum Gasteiger partial charge on any atom is 0.345 e. The number of nitrogens with zero attached hydrogens (tertiary/aromatic N) is 4. The number of likely N-dealkylation sites (N-methyl/N-ethyl adjacent to an activating group) is 1. The van der Waals surface area contributed by atoms with Crippen molar-refractivity contribution in [3.8, 4) is 0 Å². The molecule has 0 unspecified atom stereocenters. The standard InChI is InChI=1S/C23H23FN4O4S/c1-16-6-8-17(9-7-16)20-15-21(26(2)33(31,32)25-20)23(30)28-12-10-27(11-13-28)22(29)18-4-3-5-19(24)14-18/h3-9,14-15H,10-13H2,1-2H3. The molecular formula is C23H23FN4O4S. The Kier molecular flexibility index (Phi) is 6.03. The zero-order chi connectivity index (χ0) is 23.8. The van der Waals surface area contributed by atoms with E-state index in [-0.39, 0.29) is 49.1 Å². The smallest absolute Gasteiger partial charge is 0.335 e. The van der Waals surface area contributed by atoms with Gasteiger partial charge < -0.3 is 9.80 Å². The van der Waals surface area contributed by atoms with Crippen LogP contribution in [0.25, 0.3) is 0 Å². The molecule has 0 N–H and O–H groups in total. The lowest BCUT2D eigenvalue weighted by atomic mass is 10.1. The number of piperazine rings is 1. The molecular weight excluding hydrogens is 447 g/mol. The van der Waals surface area contributed by atoms with E-state index in [1.54, 1.807) is 23.1 Å². The Morgan fingerprint density at radius 3 is 2.15 bits per heavy atom. The van der Waals surface area contributed by atoms with Crippen molar-refractivity contribution in [1.82, 2.24) is 14.1 Å². The average molecular weight is 471 g/mol. The van der Waals surface area contributed by atoms with Gasteiger partial charge in [-0.3, -0.25) is 9.59 Å². The maximum absolute atomic E-state index is 13.4. The Bertz CT molecular complexity index is 1260. The van der Waals surface area contributed by atoms with Crippen molar-refractivity contribution < 1.29 is 22.4 Å². The Morgan fingerprint density at radius 1 is 0.939 bits per heavy atom. The average Bonchev–Trinajstić information content (AvgIpc) is 2.80. The van der Waals surface area contributed by atoms with Gasteiger partial charge in [0.05, 0.1) is 5.71 Å². The second-order valence-electron chi connectivity index (χ2n) is 7.91. The summed E-state index contributed by atoms with van der Waals surface area (Å²) in [5.74, 6) is -1.26. The lowest BCUT2D eigenvalue weighted by molar-refractivity contribution is -0.129. The van der Waals surface area contributed by atoms with Crippen molar-refractivity contribution in [3.63, 3.8) is 0 Å². The Morgan fingerprint density at radius 2 is 1.55 bits per heavy atom. The van der Waals surface area contributed by atoms with Crippen LogP contribution in [-0.2, 0) is 15.0 Å². The van der Waals surface area contributed by atoms with Gasteiger partial charge in [0.2, 0.25) is 0 Å². The minimum Gasteiger partial charge on any atom is -0.335 e. The molecule has 2 aromatic carbocycles. The number of rotatable bonds is 3. The van der Waals surface area contributed by atoms with E-state index in [9.17, 15) is 22.4 Å². The Labute approximate surface area is 191 Å². The summed E-state index contributed by atoms with van der Waals surface area (Å²) in [5.41, 5.74) is 2.03. The molecule has 2 aliphatic heterocycles. The van der Waals surface area contributed by atoms with Crippen LogP contribution < -0.4 is 0 Å². The second-order valence-corrected chi connectivity index (χ2v) is 9.54. The number of hydrogen-bond acceptors (Lipinski definition) is 4. The van der Waals surface area contributed by atoms with E-state index in [1.807, 2.05) is 19.1 Å². The van der Waals surface area contributed by atoms with Gasteiger partial charge in [0.1, 0.15) is 11.5 Å². The predicted molar refractivity (Wildman–Crippen MR) is 121 cm³/mol. The zero-order valence-corrected chi connectivity index (χ0v) is 19.0. The van der Waals surface area contributed by atoms with Gasteiger partial charge in [-0.25, -0.2) is 8.70 Å². The monoisotopic (exact) mass is 470 g/mol. The van der Waals surface area contributed by atoms with Gasteiger partial charge in [-0.15, -0.1) is 4.40 Å². The van der Waals surface area contributed by atoms with E-state index in [1.165, 1.54) is 36.2 Å². The molecule has 2 amide bonds. The molecule has 0 saturated carbocycles. The summed E-state index contributed by atoms with van der Waals surface area (Å²) in [7, 11) is -2.77. The quantitative estimate of drug-likeness (QED) is 0.686. The summed E-state index contributed by atoms with van der Waals surface area (Å²) < 4.78 is 43.4. The van der Waals surface area contributed by atoms with Crippen molar-refractivity contribution in [2.45, 2.75) is 6.92 Å². The van der Waals surface area contributed by atoms with Gasteiger partial charge in [0, 0.05) is 44.4 Å². The van der Waals surface area contributed by atoms with E-state index in [2.05, 4.69) is 4.40 Å². The number of carbonyl (C=O) groups excluding carboxylic acids is 2. The maximum atomic E-state index is 13.4. The third kappa shape index (κ3) is 4.65. The van der Waals surface area contributed by atoms with Gasteiger partial charge in [0.25, 0.3) is 11.8 Å². The van der Waals surface area contributed by atoms with Crippen LogP contribution in [0.2, 0.25) is 0 Å². The highest BCUT2D eigenvalue weighted by molar-refractivity contribution is 7.88. The first-order chi connectivity index (χ1) is 15.7. The molecule has 10 heteroatoms. The zero-order valence-electron chi connectivity index (χ0n) is 18.2. The van der Waals surface area contributed by atoms with Crippen molar-refractivity contribution in [2.75, 3.05) is 33.2 Å². The fourth-order valence-corrected chi connectivity index (χ4v) is 4.60. The number of aryl methyl sites for hydroxylation is 1. The van der Waals surface area contributed by atoms with E-state index in [0.717, 1.165) is 9.87 Å². The fraction of sp³-hybridized carbons (Fsp3) is 0.261. The summed E-state index contributed by atoms with van der Waals surface area (Å²) >= 11 is 0. The van der Waals surface area contributed by atoms with Crippen LogP contribution in [0, 0.1) is 12.7 Å². The van der Waals surface area contributed by atoms with Crippen LogP contribution in [0.3, 0.4) is 0 Å². The highest BCUT2D eigenvalue weighted by atomic mass is 32.2. The molecule has 0 spiro atoms. The molecule has 2 heterocycles. The summed E-state index contributed by atoms with van der Waals surface area (Å²) in [6.07, 6.45) is 1.47. The highest BCUT2D eigenvalue weighted by Crippen LogP contribution is 2.22. The molecule has 0 aromatic heterocycles. The molecule has 1 fully saturated rings. The van der Waals surface area contributed by atoms with E-state index in [4.69, 9.17) is 0 Å². The first-order valence-corrected chi connectivity index (χ1v) is 11.8. The first kappa shape index (κ1) is 22.7. The van der Waals surface area contributed by atoms with Gasteiger partial charge in [-0.1, -0.05) is 35.9 Å². The molecule has 1 saturated heterocycles. The summed E-state index contributed by atoms with van der Waals surface area (Å²) in [5, 5.41) is 0. The summed E-state index contributed by atoms with van der Waals surface area (Å²) in [6, 6.07) is 12.7. The number of carbonyl (C=O) groups is 2. The molecule has 0 bridgehead atoms. The van der Waals surface area contributed by atoms with E-state index >= 15 is 0 Å². The van der Waals surface area contributed by atoms with Crippen LogP contribution in [-0.4, -0.2) is 73.3 Å². The lowest BCUT2D eigenvalue weighted by Gasteiger charge is -2.36. The third-order valence-electron chi connectivity index (χ3n) is 5.66. The van der Waals surface area contributed by atoms with Gasteiger partial charge >= 0.3 is 10.2 Å². The van der Waals surface area contributed by atoms with Gasteiger partial charge in [-0.05, 0) is 31.2 Å². The Hall–Kier alpha value is -3.53. The first-order valence-electron chi connectivity index (χ1n) is 10.4. The third-order valence-corrected chi connectivity index (χ3v) is 6.98. The molecule has 0 radical (unpaired) electrons. The molecule has 4 rings (SSSR count). The second kappa shape index (κ2) is 8.78. The number of amides is 2. The lowest BCUT2D eigenvalue weighted by Crippen LogP contribution is -2.52. The van der Waals surface area contributed by atoms with Crippen LogP contribution in [0.1, 0.15) is 21.5 Å². The minimum absolute atomic E-state index is 0.00881. The number of halogens is 1. The predicted octanol–water partition coefficient (Wildman–Crippen LogP) is 1.98. The van der Waals surface area contributed by atoms with Crippen molar-refractivity contribution in [3.05, 3.63) is 82.8 Å². The van der Waals surface area contributed by atoms with Crippen LogP contribution in [0.5, 0.6) is 0 Å². The molecule has 0 atom stereocenters. The highest BCUT2D eigenvalue weighted by Gasteiger charge is 2.34. The SMILES string of the molecule is Cc1ccc(C2=NS(=O)(=O)N(C)C(C(=O)N3CCN(C(=O)c4cccc(F)c4)CC3)=C2)cc1.